The predicted molar refractivity (Wildman–Crippen MR) is 101 cm³/mol. The molecule has 0 unspecified atom stereocenters. The molecule has 3 rings (SSSR count). The molecule has 1 aliphatic heterocycles. The van der Waals surface area contributed by atoms with E-state index in [1.807, 2.05) is 6.92 Å². The van der Waals surface area contributed by atoms with E-state index >= 15 is 0 Å². The summed E-state index contributed by atoms with van der Waals surface area (Å²) in [5.41, 5.74) is -0.898. The Hall–Kier alpha value is -2.12. The first-order chi connectivity index (χ1) is 13.3. The average molecular weight is 393 g/mol. The van der Waals surface area contributed by atoms with Crippen LogP contribution in [0.25, 0.3) is 0 Å². The maximum atomic E-state index is 12.8. The summed E-state index contributed by atoms with van der Waals surface area (Å²) >= 11 is 0. The minimum Gasteiger partial charge on any atom is -0.454 e. The van der Waals surface area contributed by atoms with E-state index < -0.39 is 30.7 Å². The highest BCUT2D eigenvalue weighted by Crippen LogP contribution is 2.38. The first kappa shape index (κ1) is 20.6. The van der Waals surface area contributed by atoms with E-state index in [1.165, 1.54) is 0 Å². The van der Waals surface area contributed by atoms with Gasteiger partial charge in [-0.05, 0) is 50.4 Å². The van der Waals surface area contributed by atoms with Crippen LogP contribution in [0.4, 0.5) is 4.79 Å². The molecule has 8 heteroatoms. The molecule has 156 valence electrons. The molecule has 0 aromatic heterocycles. The number of carbonyl (C=O) groups is 4. The molecule has 0 aromatic carbocycles. The Morgan fingerprint density at radius 1 is 1.14 bits per heavy atom. The Labute approximate surface area is 165 Å². The smallest absolute Gasteiger partial charge is 0.326 e. The van der Waals surface area contributed by atoms with Crippen molar-refractivity contribution in [1.82, 2.24) is 15.5 Å². The Bertz CT molecular complexity index is 644. The van der Waals surface area contributed by atoms with Crippen molar-refractivity contribution in [3.05, 3.63) is 0 Å². The third-order valence-corrected chi connectivity index (χ3v) is 6.53. The quantitative estimate of drug-likeness (QED) is 0.547. The Kier molecular flexibility index (Phi) is 6.25. The zero-order chi connectivity index (χ0) is 20.3. The van der Waals surface area contributed by atoms with Gasteiger partial charge in [0.15, 0.2) is 6.61 Å². The van der Waals surface area contributed by atoms with E-state index in [1.54, 1.807) is 0 Å². The normalized spacial score (nSPS) is 32.9. The van der Waals surface area contributed by atoms with E-state index in [2.05, 4.69) is 17.6 Å². The lowest BCUT2D eigenvalue weighted by Crippen LogP contribution is -2.54. The lowest BCUT2D eigenvalue weighted by molar-refractivity contribution is -0.151. The Morgan fingerprint density at radius 2 is 1.86 bits per heavy atom. The predicted octanol–water partition coefficient (Wildman–Crippen LogP) is 1.73. The molecule has 3 fully saturated rings. The van der Waals surface area contributed by atoms with E-state index in [4.69, 9.17) is 4.74 Å². The SMILES string of the molecule is CC1CCC(NC(=O)COC(=O)CN2C(=O)N[C@]3(CCCC[C@H]3C)C2=O)CC1. The Morgan fingerprint density at radius 3 is 2.54 bits per heavy atom. The molecule has 28 heavy (non-hydrogen) atoms. The molecular weight excluding hydrogens is 362 g/mol. The number of hydrogen-bond donors (Lipinski definition) is 2. The monoisotopic (exact) mass is 393 g/mol. The standard InChI is InChI=1S/C20H31N3O5/c1-13-6-8-15(9-7-13)21-16(24)12-28-17(25)11-23-18(26)20(22-19(23)27)10-4-3-5-14(20)2/h13-15H,3-12H2,1-2H3,(H,21,24)(H,22,27)/t13?,14-,15?,20+/m1/s1. The van der Waals surface area contributed by atoms with Gasteiger partial charge in [-0.25, -0.2) is 4.79 Å². The van der Waals surface area contributed by atoms with Gasteiger partial charge in [0.25, 0.3) is 11.8 Å². The van der Waals surface area contributed by atoms with E-state index in [9.17, 15) is 19.2 Å². The molecule has 2 atom stereocenters. The molecule has 8 nitrogen and oxygen atoms in total. The zero-order valence-corrected chi connectivity index (χ0v) is 16.8. The largest absolute Gasteiger partial charge is 0.454 e. The van der Waals surface area contributed by atoms with Gasteiger partial charge < -0.3 is 15.4 Å². The summed E-state index contributed by atoms with van der Waals surface area (Å²) in [5.74, 6) is -0.741. The summed E-state index contributed by atoms with van der Waals surface area (Å²) in [6, 6.07) is -0.433. The van der Waals surface area contributed by atoms with Crippen molar-refractivity contribution in [3.63, 3.8) is 0 Å². The van der Waals surface area contributed by atoms with Gasteiger partial charge in [0.1, 0.15) is 12.1 Å². The minimum atomic E-state index is -0.898. The van der Waals surface area contributed by atoms with Crippen LogP contribution in [-0.4, -0.2) is 53.4 Å². The van der Waals surface area contributed by atoms with Crippen LogP contribution >= 0.6 is 0 Å². The molecule has 4 amide bonds. The fraction of sp³-hybridized carbons (Fsp3) is 0.800. The van der Waals surface area contributed by atoms with Crippen molar-refractivity contribution in [2.75, 3.05) is 13.2 Å². The summed E-state index contributed by atoms with van der Waals surface area (Å²) in [6.07, 6.45) is 7.39. The van der Waals surface area contributed by atoms with Gasteiger partial charge in [-0.3, -0.25) is 19.3 Å². The number of esters is 1. The van der Waals surface area contributed by atoms with E-state index in [-0.39, 0.29) is 23.8 Å². The Balaban J connectivity index is 1.46. The van der Waals surface area contributed by atoms with Gasteiger partial charge in [-0.1, -0.05) is 26.7 Å². The molecular formula is C20H31N3O5. The molecule has 2 aliphatic carbocycles. The van der Waals surface area contributed by atoms with Crippen molar-refractivity contribution in [2.24, 2.45) is 11.8 Å². The van der Waals surface area contributed by atoms with Crippen LogP contribution in [0.15, 0.2) is 0 Å². The molecule has 0 aromatic rings. The third-order valence-electron chi connectivity index (χ3n) is 6.53. The summed E-state index contributed by atoms with van der Waals surface area (Å²) in [4.78, 5) is 50.1. The fourth-order valence-corrected chi connectivity index (χ4v) is 4.63. The summed E-state index contributed by atoms with van der Waals surface area (Å²) in [6.45, 7) is 3.30. The zero-order valence-electron chi connectivity index (χ0n) is 16.8. The summed E-state index contributed by atoms with van der Waals surface area (Å²) in [7, 11) is 0. The van der Waals surface area contributed by atoms with Crippen LogP contribution in [0.3, 0.4) is 0 Å². The average Bonchev–Trinajstić information content (AvgIpc) is 2.89. The molecule has 2 saturated carbocycles. The second-order valence-electron chi connectivity index (χ2n) is 8.62. The second kappa shape index (κ2) is 8.49. The van der Waals surface area contributed by atoms with E-state index in [0.717, 1.165) is 49.8 Å². The number of carbonyl (C=O) groups excluding carboxylic acids is 4. The number of amides is 4. The first-order valence-electron chi connectivity index (χ1n) is 10.4. The number of urea groups is 1. The number of nitrogens with one attached hydrogen (secondary N) is 2. The van der Waals surface area contributed by atoms with E-state index in [0.29, 0.717) is 12.3 Å². The van der Waals surface area contributed by atoms with Crippen LogP contribution in [0.2, 0.25) is 0 Å². The second-order valence-corrected chi connectivity index (χ2v) is 8.62. The van der Waals surface area contributed by atoms with Crippen molar-refractivity contribution in [2.45, 2.75) is 76.8 Å². The maximum Gasteiger partial charge on any atom is 0.326 e. The van der Waals surface area contributed by atoms with Gasteiger partial charge in [0, 0.05) is 6.04 Å². The van der Waals surface area contributed by atoms with Crippen LogP contribution in [0.5, 0.6) is 0 Å². The van der Waals surface area contributed by atoms with Crippen LogP contribution in [0, 0.1) is 11.8 Å². The molecule has 1 saturated heterocycles. The molecule has 0 bridgehead atoms. The third kappa shape index (κ3) is 4.31. The van der Waals surface area contributed by atoms with Gasteiger partial charge in [0.2, 0.25) is 0 Å². The molecule has 1 spiro atoms. The summed E-state index contributed by atoms with van der Waals surface area (Å²) < 4.78 is 5.00. The number of ether oxygens (including phenoxy) is 1. The lowest BCUT2D eigenvalue weighted by atomic mass is 9.73. The lowest BCUT2D eigenvalue weighted by Gasteiger charge is -2.36. The number of hydrogen-bond acceptors (Lipinski definition) is 5. The summed E-state index contributed by atoms with van der Waals surface area (Å²) in [5, 5.41) is 5.68. The molecule has 0 radical (unpaired) electrons. The van der Waals surface area contributed by atoms with Crippen molar-refractivity contribution in [1.29, 1.82) is 0 Å². The fourth-order valence-electron chi connectivity index (χ4n) is 4.63. The van der Waals surface area contributed by atoms with Crippen LogP contribution in [0.1, 0.15) is 65.2 Å². The highest BCUT2D eigenvalue weighted by atomic mass is 16.5. The van der Waals surface area contributed by atoms with Crippen LogP contribution in [-0.2, 0) is 19.1 Å². The van der Waals surface area contributed by atoms with Crippen molar-refractivity contribution in [3.8, 4) is 0 Å². The maximum absolute atomic E-state index is 12.8. The van der Waals surface area contributed by atoms with Gasteiger partial charge >= 0.3 is 12.0 Å². The molecule has 2 N–H and O–H groups in total. The minimum absolute atomic E-state index is 0.0303. The van der Waals surface area contributed by atoms with Crippen molar-refractivity contribution >= 4 is 23.8 Å². The van der Waals surface area contributed by atoms with Crippen LogP contribution < -0.4 is 10.6 Å². The van der Waals surface area contributed by atoms with Gasteiger partial charge in [0.05, 0.1) is 0 Å². The molecule has 1 heterocycles. The van der Waals surface area contributed by atoms with Gasteiger partial charge in [-0.2, -0.15) is 0 Å². The van der Waals surface area contributed by atoms with Gasteiger partial charge in [-0.15, -0.1) is 0 Å². The highest BCUT2D eigenvalue weighted by Gasteiger charge is 2.55. The highest BCUT2D eigenvalue weighted by molar-refractivity contribution is 6.09. The first-order valence-corrected chi connectivity index (χ1v) is 10.4. The van der Waals surface area contributed by atoms with Crippen molar-refractivity contribution < 1.29 is 23.9 Å². The number of imide groups is 1. The number of rotatable bonds is 5. The molecule has 3 aliphatic rings. The topological polar surface area (TPSA) is 105 Å². The number of nitrogens with zero attached hydrogens (tertiary/aromatic N) is 1.